The van der Waals surface area contributed by atoms with E-state index >= 15 is 0 Å². The summed E-state index contributed by atoms with van der Waals surface area (Å²) in [5, 5.41) is 8.63. The third-order valence-corrected chi connectivity index (χ3v) is 5.63. The van der Waals surface area contributed by atoms with Crippen LogP contribution in [0.25, 0.3) is 0 Å². The summed E-state index contributed by atoms with van der Waals surface area (Å²) < 4.78 is 5.60. The second-order valence-electron chi connectivity index (χ2n) is 8.60. The van der Waals surface area contributed by atoms with Crippen LogP contribution in [-0.4, -0.2) is 73.7 Å². The fourth-order valence-electron chi connectivity index (χ4n) is 2.98. The largest absolute Gasteiger partial charge is 0.481 e. The summed E-state index contributed by atoms with van der Waals surface area (Å²) in [6.45, 7) is 4.65. The molecule has 0 saturated heterocycles. The Kier molecular flexibility index (Phi) is 15.1. The van der Waals surface area contributed by atoms with E-state index in [-0.39, 0.29) is 24.3 Å². The van der Waals surface area contributed by atoms with Gasteiger partial charge in [-0.05, 0) is 61.3 Å². The van der Waals surface area contributed by atoms with E-state index in [9.17, 15) is 9.59 Å². The number of nitrogens with zero attached hydrogens (tertiary/aromatic N) is 2. The molecule has 0 fully saturated rings. The number of carboxylic acids is 1. The molecular formula is C22H44N2O4. The Morgan fingerprint density at radius 1 is 0.821 bits per heavy atom. The van der Waals surface area contributed by atoms with Crippen molar-refractivity contribution < 1.29 is 19.4 Å². The van der Waals surface area contributed by atoms with Crippen molar-refractivity contribution in [1.29, 1.82) is 0 Å². The summed E-state index contributed by atoms with van der Waals surface area (Å²) in [7, 11) is 8.08. The molecule has 0 heterocycles. The Balaban J connectivity index is 4.20. The molecule has 6 nitrogen and oxygen atoms in total. The lowest BCUT2D eigenvalue weighted by Crippen LogP contribution is -2.34. The van der Waals surface area contributed by atoms with E-state index in [1.807, 2.05) is 28.2 Å². The predicted octanol–water partition coefficient (Wildman–Crippen LogP) is 4.03. The first kappa shape index (κ1) is 26.9. The number of carbonyl (C=O) groups is 2. The second-order valence-corrected chi connectivity index (χ2v) is 8.60. The van der Waals surface area contributed by atoms with Gasteiger partial charge >= 0.3 is 11.9 Å². The monoisotopic (exact) mass is 400 g/mol. The van der Waals surface area contributed by atoms with Crippen molar-refractivity contribution in [2.45, 2.75) is 90.1 Å². The molecule has 166 valence electrons. The molecule has 28 heavy (non-hydrogen) atoms. The molecular weight excluding hydrogens is 356 g/mol. The van der Waals surface area contributed by atoms with E-state index in [0.717, 1.165) is 57.8 Å². The first-order chi connectivity index (χ1) is 13.1. The van der Waals surface area contributed by atoms with Crippen molar-refractivity contribution in [2.24, 2.45) is 5.92 Å². The van der Waals surface area contributed by atoms with E-state index in [0.29, 0.717) is 12.6 Å². The summed E-state index contributed by atoms with van der Waals surface area (Å²) in [6, 6.07) is 0.565. The summed E-state index contributed by atoms with van der Waals surface area (Å²) in [6.07, 6.45) is 9.30. The number of aliphatic carboxylic acids is 1. The Morgan fingerprint density at radius 3 is 1.82 bits per heavy atom. The Morgan fingerprint density at radius 2 is 1.32 bits per heavy atom. The van der Waals surface area contributed by atoms with Gasteiger partial charge in [0.15, 0.2) is 0 Å². The van der Waals surface area contributed by atoms with Crippen molar-refractivity contribution in [3.8, 4) is 0 Å². The average molecular weight is 401 g/mol. The van der Waals surface area contributed by atoms with Gasteiger partial charge < -0.3 is 19.6 Å². The van der Waals surface area contributed by atoms with E-state index in [1.54, 1.807) is 0 Å². The lowest BCUT2D eigenvalue weighted by atomic mass is 9.93. The van der Waals surface area contributed by atoms with Gasteiger partial charge in [-0.2, -0.15) is 0 Å². The molecule has 3 unspecified atom stereocenters. The zero-order valence-electron chi connectivity index (χ0n) is 19.1. The van der Waals surface area contributed by atoms with Gasteiger partial charge in [0.2, 0.25) is 0 Å². The van der Waals surface area contributed by atoms with Crippen LogP contribution in [0.3, 0.4) is 0 Å². The summed E-state index contributed by atoms with van der Waals surface area (Å²) >= 11 is 0. The first-order valence-corrected chi connectivity index (χ1v) is 10.9. The van der Waals surface area contributed by atoms with Crippen molar-refractivity contribution >= 4 is 11.9 Å². The van der Waals surface area contributed by atoms with Gasteiger partial charge in [-0.25, -0.2) is 0 Å². The van der Waals surface area contributed by atoms with Crippen LogP contribution in [0.1, 0.15) is 78.1 Å². The van der Waals surface area contributed by atoms with Gasteiger partial charge in [0.05, 0.1) is 5.92 Å². The quantitative estimate of drug-likeness (QED) is 0.294. The van der Waals surface area contributed by atoms with Crippen LogP contribution in [-0.2, 0) is 14.3 Å². The van der Waals surface area contributed by atoms with Crippen LogP contribution >= 0.6 is 0 Å². The van der Waals surface area contributed by atoms with E-state index in [4.69, 9.17) is 9.84 Å². The maximum Gasteiger partial charge on any atom is 0.309 e. The van der Waals surface area contributed by atoms with Crippen LogP contribution in [0.15, 0.2) is 0 Å². The topological polar surface area (TPSA) is 70.1 Å². The zero-order chi connectivity index (χ0) is 21.5. The number of unbranched alkanes of at least 4 members (excludes halogenated alkanes) is 6. The molecule has 0 bridgehead atoms. The molecule has 3 atom stereocenters. The maximum absolute atomic E-state index is 12.6. The lowest BCUT2D eigenvalue weighted by Gasteiger charge is -2.26. The normalized spacial score (nSPS) is 14.9. The number of carboxylic acid groups (broad SMARTS) is 1. The van der Waals surface area contributed by atoms with Crippen molar-refractivity contribution in [2.75, 3.05) is 34.8 Å². The minimum absolute atomic E-state index is 0.0395. The molecule has 0 spiro atoms. The number of ether oxygens (including phenoxy) is 1. The third kappa shape index (κ3) is 13.9. The molecule has 0 aromatic carbocycles. The molecule has 0 aromatic rings. The molecule has 0 rings (SSSR count). The Bertz CT molecular complexity index is 427. The number of hydrogen-bond donors (Lipinski definition) is 1. The van der Waals surface area contributed by atoms with Gasteiger partial charge in [0.25, 0.3) is 0 Å². The molecule has 1 N–H and O–H groups in total. The number of hydrogen-bond acceptors (Lipinski definition) is 5. The number of esters is 1. The maximum atomic E-state index is 12.6. The van der Waals surface area contributed by atoms with Crippen LogP contribution < -0.4 is 0 Å². The summed E-state index contributed by atoms with van der Waals surface area (Å²) in [5.74, 6) is -0.803. The molecule has 0 amide bonds. The van der Waals surface area contributed by atoms with Crippen LogP contribution in [0.2, 0.25) is 0 Å². The minimum atomic E-state index is -0.704. The average Bonchev–Trinajstić information content (AvgIpc) is 2.62. The zero-order valence-corrected chi connectivity index (χ0v) is 19.1. The Hall–Kier alpha value is -1.14. The predicted molar refractivity (Wildman–Crippen MR) is 115 cm³/mol. The fraction of sp³-hybridized carbons (Fsp3) is 0.909. The van der Waals surface area contributed by atoms with Crippen molar-refractivity contribution in [3.63, 3.8) is 0 Å². The van der Waals surface area contributed by atoms with Gasteiger partial charge in [-0.15, -0.1) is 0 Å². The van der Waals surface area contributed by atoms with E-state index in [2.05, 4.69) is 23.6 Å². The van der Waals surface area contributed by atoms with Gasteiger partial charge in [0.1, 0.15) is 6.61 Å². The minimum Gasteiger partial charge on any atom is -0.481 e. The molecule has 0 aliphatic rings. The highest BCUT2D eigenvalue weighted by molar-refractivity contribution is 5.72. The second kappa shape index (κ2) is 15.7. The highest BCUT2D eigenvalue weighted by atomic mass is 16.5. The van der Waals surface area contributed by atoms with Crippen LogP contribution in [0, 0.1) is 5.92 Å². The van der Waals surface area contributed by atoms with Crippen LogP contribution in [0.4, 0.5) is 0 Å². The van der Waals surface area contributed by atoms with Crippen LogP contribution in [0.5, 0.6) is 0 Å². The summed E-state index contributed by atoms with van der Waals surface area (Å²) in [4.78, 5) is 27.3. The standard InChI is InChI=1S/C22H44N2O4/c1-18(23(3)4)16-20(22(27)28-17-19(2)24(5)6)14-12-10-8-7-9-11-13-15-21(25)26/h18-20H,7-17H2,1-6H3,(H,25,26). The molecule has 0 aliphatic heterocycles. The summed E-state index contributed by atoms with van der Waals surface area (Å²) in [5.41, 5.74) is 0. The smallest absolute Gasteiger partial charge is 0.309 e. The fourth-order valence-corrected chi connectivity index (χ4v) is 2.98. The number of carbonyl (C=O) groups excluding carboxylic acids is 1. The molecule has 0 aliphatic carbocycles. The molecule has 0 radical (unpaired) electrons. The Labute approximate surface area is 172 Å². The highest BCUT2D eigenvalue weighted by Crippen LogP contribution is 2.20. The first-order valence-electron chi connectivity index (χ1n) is 10.9. The highest BCUT2D eigenvalue weighted by Gasteiger charge is 2.24. The third-order valence-electron chi connectivity index (χ3n) is 5.63. The van der Waals surface area contributed by atoms with E-state index in [1.165, 1.54) is 0 Å². The van der Waals surface area contributed by atoms with Gasteiger partial charge in [-0.3, -0.25) is 9.59 Å². The SMILES string of the molecule is CC(COC(=O)C(CCCCCCCCCC(=O)O)CC(C)N(C)C)N(C)C. The van der Waals surface area contributed by atoms with Gasteiger partial charge in [-0.1, -0.05) is 38.5 Å². The van der Waals surface area contributed by atoms with Crippen molar-refractivity contribution in [3.05, 3.63) is 0 Å². The lowest BCUT2D eigenvalue weighted by molar-refractivity contribution is -0.151. The molecule has 6 heteroatoms. The number of likely N-dealkylation sites (N-methyl/N-ethyl adjacent to an activating group) is 1. The molecule has 0 saturated carbocycles. The van der Waals surface area contributed by atoms with Gasteiger partial charge in [0, 0.05) is 18.5 Å². The van der Waals surface area contributed by atoms with E-state index < -0.39 is 5.97 Å². The van der Waals surface area contributed by atoms with Crippen molar-refractivity contribution in [1.82, 2.24) is 9.80 Å². The number of rotatable bonds is 17. The molecule has 0 aromatic heterocycles.